The van der Waals surface area contributed by atoms with Gasteiger partial charge in [-0.15, -0.1) is 0 Å². The molecule has 1 N–H and O–H groups in total. The molecule has 2 fully saturated rings. The number of halogens is 2. The van der Waals surface area contributed by atoms with E-state index < -0.39 is 0 Å². The Hall–Kier alpha value is -1.73. The third-order valence-corrected chi connectivity index (χ3v) is 7.69. The number of aromatic nitrogens is 2. The maximum absolute atomic E-state index is 13.2. The van der Waals surface area contributed by atoms with Crippen LogP contribution in [0.5, 0.6) is 0 Å². The number of aryl methyl sites for hydroxylation is 2. The molecule has 4 rings (SSSR count). The molecule has 1 aromatic carbocycles. The number of hydrogen-bond donors (Lipinski definition) is 1. The summed E-state index contributed by atoms with van der Waals surface area (Å²) in [7, 11) is 0. The molecule has 1 aromatic heterocycles. The van der Waals surface area contributed by atoms with Crippen LogP contribution < -0.4 is 0 Å². The minimum atomic E-state index is -0.211. The van der Waals surface area contributed by atoms with Crippen LogP contribution in [-0.2, 0) is 12.8 Å². The monoisotopic (exact) mass is 490 g/mol. The van der Waals surface area contributed by atoms with Crippen LogP contribution in [0.1, 0.15) is 59.4 Å². The molecule has 8 heteroatoms. The summed E-state index contributed by atoms with van der Waals surface area (Å²) in [5, 5.41) is 11.1. The normalized spacial score (nSPS) is 20.2. The third kappa shape index (κ3) is 6.04. The van der Waals surface area contributed by atoms with E-state index in [1.54, 1.807) is 0 Å². The van der Waals surface area contributed by atoms with E-state index in [4.69, 9.17) is 23.2 Å². The standard InChI is InChI=1S/C25H32Cl2N4O2/c1-17-23(6-2-4-18-7-8-21(26)22(27)14-18)28-16-29-24(17)25(33)30-12-9-19(10-13-30)31-11-3-5-20(32)15-31/h7-8,14,16,19-20,32H,2-6,9-13,15H2,1H3/t20-/m1/s1. The van der Waals surface area contributed by atoms with Crippen molar-refractivity contribution in [3.05, 3.63) is 57.1 Å². The van der Waals surface area contributed by atoms with Crippen LogP contribution in [-0.4, -0.2) is 69.1 Å². The average Bonchev–Trinajstić information content (AvgIpc) is 2.82. The Labute approximate surface area is 205 Å². The van der Waals surface area contributed by atoms with Gasteiger partial charge in [0.2, 0.25) is 0 Å². The minimum absolute atomic E-state index is 0.00207. The summed E-state index contributed by atoms with van der Waals surface area (Å²) in [5.41, 5.74) is 3.45. The molecule has 33 heavy (non-hydrogen) atoms. The Morgan fingerprint density at radius 2 is 1.88 bits per heavy atom. The maximum atomic E-state index is 13.2. The summed E-state index contributed by atoms with van der Waals surface area (Å²) in [5.74, 6) is -0.00207. The van der Waals surface area contributed by atoms with Gasteiger partial charge in [-0.3, -0.25) is 9.69 Å². The summed E-state index contributed by atoms with van der Waals surface area (Å²) in [4.78, 5) is 26.3. The fraction of sp³-hybridized carbons (Fsp3) is 0.560. The number of aliphatic hydroxyl groups is 1. The second-order valence-corrected chi connectivity index (χ2v) is 10.0. The highest BCUT2D eigenvalue weighted by molar-refractivity contribution is 6.42. The van der Waals surface area contributed by atoms with E-state index in [2.05, 4.69) is 14.9 Å². The number of β-amino-alcohol motifs (C(OH)–C–C–N with tert-alkyl or cyclic N) is 1. The lowest BCUT2D eigenvalue weighted by Crippen LogP contribution is -2.50. The van der Waals surface area contributed by atoms with E-state index in [-0.39, 0.29) is 12.0 Å². The Balaban J connectivity index is 1.33. The van der Waals surface area contributed by atoms with E-state index in [0.29, 0.717) is 21.8 Å². The van der Waals surface area contributed by atoms with Crippen molar-refractivity contribution < 1.29 is 9.90 Å². The first-order valence-electron chi connectivity index (χ1n) is 11.9. The number of amides is 1. The molecule has 2 aliphatic rings. The van der Waals surface area contributed by atoms with E-state index in [0.717, 1.165) is 87.9 Å². The SMILES string of the molecule is Cc1c(CCCc2ccc(Cl)c(Cl)c2)ncnc1C(=O)N1CCC(N2CCC[C@@H](O)C2)CC1. The highest BCUT2D eigenvalue weighted by Crippen LogP contribution is 2.25. The first-order chi connectivity index (χ1) is 15.9. The zero-order valence-corrected chi connectivity index (χ0v) is 20.7. The van der Waals surface area contributed by atoms with Gasteiger partial charge in [-0.25, -0.2) is 9.97 Å². The molecule has 0 spiro atoms. The van der Waals surface area contributed by atoms with Gasteiger partial charge in [0.15, 0.2) is 0 Å². The van der Waals surface area contributed by atoms with Crippen molar-refractivity contribution in [2.75, 3.05) is 26.2 Å². The second kappa shape index (κ2) is 11.1. The van der Waals surface area contributed by atoms with Crippen molar-refractivity contribution in [3.63, 3.8) is 0 Å². The van der Waals surface area contributed by atoms with Crippen LogP contribution in [0.2, 0.25) is 10.0 Å². The largest absolute Gasteiger partial charge is 0.392 e. The van der Waals surface area contributed by atoms with Gasteiger partial charge in [0.05, 0.1) is 16.1 Å². The summed E-state index contributed by atoms with van der Waals surface area (Å²) < 4.78 is 0. The Kier molecular flexibility index (Phi) is 8.23. The summed E-state index contributed by atoms with van der Waals surface area (Å²) in [6, 6.07) is 6.17. The van der Waals surface area contributed by atoms with Crippen molar-refractivity contribution in [2.45, 2.75) is 64.0 Å². The van der Waals surface area contributed by atoms with Gasteiger partial charge in [0.1, 0.15) is 12.0 Å². The predicted molar refractivity (Wildman–Crippen MR) is 131 cm³/mol. The van der Waals surface area contributed by atoms with Crippen LogP contribution in [0.3, 0.4) is 0 Å². The quantitative estimate of drug-likeness (QED) is 0.652. The smallest absolute Gasteiger partial charge is 0.272 e. The number of hydrogen-bond acceptors (Lipinski definition) is 5. The van der Waals surface area contributed by atoms with E-state index in [9.17, 15) is 9.90 Å². The molecule has 3 heterocycles. The van der Waals surface area contributed by atoms with Gasteiger partial charge in [-0.05, 0) is 76.1 Å². The highest BCUT2D eigenvalue weighted by Gasteiger charge is 2.31. The molecule has 0 radical (unpaired) electrons. The fourth-order valence-electron chi connectivity index (χ4n) is 5.01. The molecule has 0 bridgehead atoms. The van der Waals surface area contributed by atoms with Gasteiger partial charge in [0, 0.05) is 36.9 Å². The highest BCUT2D eigenvalue weighted by atomic mass is 35.5. The number of likely N-dealkylation sites (tertiary alicyclic amines) is 2. The number of nitrogens with zero attached hydrogens (tertiary/aromatic N) is 4. The number of carbonyl (C=O) groups is 1. The second-order valence-electron chi connectivity index (χ2n) is 9.21. The third-order valence-electron chi connectivity index (χ3n) is 6.95. The van der Waals surface area contributed by atoms with Crippen molar-refractivity contribution in [2.24, 2.45) is 0 Å². The predicted octanol–water partition coefficient (Wildman–Crippen LogP) is 4.33. The number of rotatable bonds is 6. The molecule has 0 aliphatic carbocycles. The van der Waals surface area contributed by atoms with Crippen molar-refractivity contribution in [1.29, 1.82) is 0 Å². The fourth-order valence-corrected chi connectivity index (χ4v) is 5.33. The molecule has 0 unspecified atom stereocenters. The first-order valence-corrected chi connectivity index (χ1v) is 12.6. The molecule has 1 atom stereocenters. The van der Waals surface area contributed by atoms with Crippen molar-refractivity contribution in [3.8, 4) is 0 Å². The topological polar surface area (TPSA) is 69.6 Å². The molecular weight excluding hydrogens is 459 g/mol. The van der Waals surface area contributed by atoms with Crippen molar-refractivity contribution in [1.82, 2.24) is 19.8 Å². The lowest BCUT2D eigenvalue weighted by atomic mass is 9.98. The van der Waals surface area contributed by atoms with Crippen LogP contribution in [0.25, 0.3) is 0 Å². The molecule has 2 aliphatic heterocycles. The van der Waals surface area contributed by atoms with E-state index in [1.165, 1.54) is 6.33 Å². The van der Waals surface area contributed by atoms with E-state index in [1.807, 2.05) is 30.0 Å². The lowest BCUT2D eigenvalue weighted by molar-refractivity contribution is 0.0239. The van der Waals surface area contributed by atoms with Gasteiger partial charge < -0.3 is 10.0 Å². The zero-order valence-electron chi connectivity index (χ0n) is 19.1. The lowest BCUT2D eigenvalue weighted by Gasteiger charge is -2.41. The van der Waals surface area contributed by atoms with Crippen LogP contribution >= 0.6 is 23.2 Å². The molecule has 0 saturated carbocycles. The zero-order chi connectivity index (χ0) is 23.4. The molecule has 6 nitrogen and oxygen atoms in total. The summed E-state index contributed by atoms with van der Waals surface area (Å²) in [6.07, 6.45) is 7.67. The van der Waals surface area contributed by atoms with Crippen molar-refractivity contribution >= 4 is 29.1 Å². The Morgan fingerprint density at radius 1 is 1.09 bits per heavy atom. The molecule has 2 aromatic rings. The van der Waals surface area contributed by atoms with Gasteiger partial charge in [0.25, 0.3) is 5.91 Å². The Morgan fingerprint density at radius 3 is 2.61 bits per heavy atom. The summed E-state index contributed by atoms with van der Waals surface area (Å²) in [6.45, 7) is 5.21. The molecule has 178 valence electrons. The average molecular weight is 491 g/mol. The Bertz CT molecular complexity index is 979. The number of piperidine rings is 2. The van der Waals surface area contributed by atoms with Crippen LogP contribution in [0.15, 0.2) is 24.5 Å². The number of carbonyl (C=O) groups excluding carboxylic acids is 1. The molecule has 2 saturated heterocycles. The number of aliphatic hydroxyl groups excluding tert-OH is 1. The van der Waals surface area contributed by atoms with Gasteiger partial charge in [-0.2, -0.15) is 0 Å². The van der Waals surface area contributed by atoms with Gasteiger partial charge in [-0.1, -0.05) is 29.3 Å². The summed E-state index contributed by atoms with van der Waals surface area (Å²) >= 11 is 12.1. The molecule has 1 amide bonds. The minimum Gasteiger partial charge on any atom is -0.392 e. The van der Waals surface area contributed by atoms with Crippen LogP contribution in [0.4, 0.5) is 0 Å². The van der Waals surface area contributed by atoms with Gasteiger partial charge >= 0.3 is 0 Å². The van der Waals surface area contributed by atoms with Crippen LogP contribution in [0, 0.1) is 6.92 Å². The number of benzene rings is 1. The maximum Gasteiger partial charge on any atom is 0.272 e. The van der Waals surface area contributed by atoms with E-state index >= 15 is 0 Å². The first kappa shape index (κ1) is 24.4. The molecular formula is C25H32Cl2N4O2.